The van der Waals surface area contributed by atoms with E-state index in [1.165, 1.54) is 0 Å². The third-order valence-electron chi connectivity index (χ3n) is 6.74. The van der Waals surface area contributed by atoms with Crippen molar-refractivity contribution in [1.82, 2.24) is 9.88 Å². The summed E-state index contributed by atoms with van der Waals surface area (Å²) in [6.07, 6.45) is 1.61. The fourth-order valence-corrected chi connectivity index (χ4v) is 4.68. The number of fused-ring (bicyclic) bond motifs is 1. The molecule has 6 nitrogen and oxygen atoms in total. The largest absolute Gasteiger partial charge is 0.463 e. The van der Waals surface area contributed by atoms with Crippen molar-refractivity contribution < 1.29 is 14.0 Å². The molecule has 4 aromatic rings. The zero-order valence-corrected chi connectivity index (χ0v) is 19.5. The highest BCUT2D eigenvalue weighted by Crippen LogP contribution is 2.38. The molecule has 0 saturated carbocycles. The number of amides is 2. The molecule has 0 fully saturated rings. The maximum atomic E-state index is 14.0. The molecule has 1 aliphatic heterocycles. The maximum Gasteiger partial charge on any atom is 0.275 e. The summed E-state index contributed by atoms with van der Waals surface area (Å²) < 4.78 is 7.51. The number of nitrogens with one attached hydrogen (secondary N) is 1. The van der Waals surface area contributed by atoms with E-state index in [2.05, 4.69) is 5.32 Å². The zero-order valence-electron chi connectivity index (χ0n) is 19.5. The van der Waals surface area contributed by atoms with Crippen molar-refractivity contribution in [3.8, 4) is 11.5 Å². The number of furan rings is 1. The van der Waals surface area contributed by atoms with Crippen LogP contribution in [-0.2, 0) is 17.9 Å². The fraction of sp³-hybridized carbons (Fsp3) is 0.214. The lowest BCUT2D eigenvalue weighted by atomic mass is 9.92. The molecule has 1 N–H and O–H groups in total. The number of nitrogens with zero attached hydrogens (tertiary/aromatic N) is 2. The number of rotatable bonds is 5. The lowest BCUT2D eigenvalue weighted by molar-refractivity contribution is -0.126. The first-order valence-electron chi connectivity index (χ1n) is 11.4. The minimum Gasteiger partial charge on any atom is -0.463 e. The van der Waals surface area contributed by atoms with Gasteiger partial charge in [0.1, 0.15) is 17.0 Å². The van der Waals surface area contributed by atoms with E-state index in [9.17, 15) is 9.59 Å². The van der Waals surface area contributed by atoms with E-state index >= 15 is 0 Å². The molecule has 2 aromatic heterocycles. The van der Waals surface area contributed by atoms with Crippen LogP contribution in [0.15, 0.2) is 83.5 Å². The van der Waals surface area contributed by atoms with Gasteiger partial charge in [-0.05, 0) is 67.8 Å². The van der Waals surface area contributed by atoms with Crippen molar-refractivity contribution in [3.05, 3.63) is 101 Å². The Morgan fingerprint density at radius 2 is 1.74 bits per heavy atom. The number of aryl methyl sites for hydroxylation is 1. The van der Waals surface area contributed by atoms with Gasteiger partial charge in [0.25, 0.3) is 5.91 Å². The number of hydrogen-bond donors (Lipinski definition) is 1. The second-order valence-corrected chi connectivity index (χ2v) is 8.97. The number of benzene rings is 2. The van der Waals surface area contributed by atoms with Crippen LogP contribution in [0.1, 0.15) is 34.1 Å². The Morgan fingerprint density at radius 3 is 2.47 bits per heavy atom. The van der Waals surface area contributed by atoms with Crippen LogP contribution in [-0.4, -0.2) is 21.9 Å². The number of carbonyl (C=O) groups excluding carboxylic acids is 2. The second-order valence-electron chi connectivity index (χ2n) is 8.97. The van der Waals surface area contributed by atoms with Gasteiger partial charge in [-0.25, -0.2) is 0 Å². The quantitative estimate of drug-likeness (QED) is 0.457. The average Bonchev–Trinajstić information content (AvgIpc) is 3.51. The predicted molar refractivity (Wildman–Crippen MR) is 132 cm³/mol. The van der Waals surface area contributed by atoms with Crippen LogP contribution in [0.5, 0.6) is 0 Å². The van der Waals surface area contributed by atoms with Crippen molar-refractivity contribution in [2.75, 3.05) is 4.90 Å². The number of aromatic nitrogens is 1. The van der Waals surface area contributed by atoms with Gasteiger partial charge in [-0.15, -0.1) is 0 Å². The van der Waals surface area contributed by atoms with E-state index < -0.39 is 5.54 Å². The minimum absolute atomic E-state index is 0.213. The number of anilines is 1. The molecule has 0 spiro atoms. The van der Waals surface area contributed by atoms with Gasteiger partial charge in [0.2, 0.25) is 5.91 Å². The van der Waals surface area contributed by atoms with Gasteiger partial charge in [-0.2, -0.15) is 0 Å². The van der Waals surface area contributed by atoms with Gasteiger partial charge < -0.3 is 14.3 Å². The predicted octanol–water partition coefficient (Wildman–Crippen LogP) is 5.10. The first-order chi connectivity index (χ1) is 16.4. The molecule has 0 bridgehead atoms. The normalized spacial score (nSPS) is 17.5. The molecule has 1 atom stereocenters. The first kappa shape index (κ1) is 21.8. The summed E-state index contributed by atoms with van der Waals surface area (Å²) >= 11 is 0. The molecule has 0 aliphatic carbocycles. The molecule has 34 heavy (non-hydrogen) atoms. The standard InChI is InChI=1S/C28H27N3O3/c1-19-9-7-12-22(20(19)2)31-26(32)24-15-14-23(25-13-8-16-34-25)30(24)18-28(31,3)27(33)29-17-21-10-5-4-6-11-21/h4-16H,17-18H2,1-3H3,(H,29,33). The molecule has 5 rings (SSSR count). The van der Waals surface area contributed by atoms with Crippen LogP contribution in [0, 0.1) is 13.8 Å². The average molecular weight is 454 g/mol. The Labute approximate surface area is 198 Å². The van der Waals surface area contributed by atoms with Crippen molar-refractivity contribution >= 4 is 17.5 Å². The second kappa shape index (κ2) is 8.37. The summed E-state index contributed by atoms with van der Waals surface area (Å²) in [5, 5.41) is 3.07. The molecule has 3 heterocycles. The van der Waals surface area contributed by atoms with E-state index in [-0.39, 0.29) is 11.8 Å². The highest BCUT2D eigenvalue weighted by atomic mass is 16.3. The Kier molecular flexibility index (Phi) is 5.36. The lowest BCUT2D eigenvalue weighted by Crippen LogP contribution is -2.64. The number of carbonyl (C=O) groups is 2. The third kappa shape index (κ3) is 3.52. The van der Waals surface area contributed by atoms with E-state index in [1.807, 2.05) is 92.1 Å². The van der Waals surface area contributed by atoms with Crippen LogP contribution in [0.3, 0.4) is 0 Å². The van der Waals surface area contributed by atoms with Gasteiger partial charge in [-0.1, -0.05) is 42.5 Å². The van der Waals surface area contributed by atoms with E-state index in [4.69, 9.17) is 4.42 Å². The van der Waals surface area contributed by atoms with Gasteiger partial charge >= 0.3 is 0 Å². The maximum absolute atomic E-state index is 14.0. The monoisotopic (exact) mass is 453 g/mol. The lowest BCUT2D eigenvalue weighted by Gasteiger charge is -2.44. The molecule has 1 unspecified atom stereocenters. The zero-order chi connectivity index (χ0) is 23.9. The van der Waals surface area contributed by atoms with Crippen LogP contribution < -0.4 is 10.2 Å². The van der Waals surface area contributed by atoms with Crippen molar-refractivity contribution in [1.29, 1.82) is 0 Å². The molecule has 2 amide bonds. The van der Waals surface area contributed by atoms with Gasteiger partial charge in [-0.3, -0.25) is 14.5 Å². The minimum atomic E-state index is -1.15. The summed E-state index contributed by atoms with van der Waals surface area (Å²) in [4.78, 5) is 29.4. The summed E-state index contributed by atoms with van der Waals surface area (Å²) in [6.45, 7) is 6.51. The Morgan fingerprint density at radius 1 is 0.971 bits per heavy atom. The topological polar surface area (TPSA) is 67.5 Å². The van der Waals surface area contributed by atoms with Crippen LogP contribution >= 0.6 is 0 Å². The molecular weight excluding hydrogens is 426 g/mol. The summed E-state index contributed by atoms with van der Waals surface area (Å²) in [7, 11) is 0. The van der Waals surface area contributed by atoms with Crippen LogP contribution in [0.4, 0.5) is 5.69 Å². The third-order valence-corrected chi connectivity index (χ3v) is 6.74. The Balaban J connectivity index is 1.60. The van der Waals surface area contributed by atoms with Gasteiger partial charge in [0.05, 0.1) is 18.5 Å². The van der Waals surface area contributed by atoms with E-state index in [0.29, 0.717) is 24.5 Å². The van der Waals surface area contributed by atoms with Crippen molar-refractivity contribution in [2.24, 2.45) is 0 Å². The Bertz CT molecular complexity index is 1360. The summed E-state index contributed by atoms with van der Waals surface area (Å²) in [5.74, 6) is 0.233. The first-order valence-corrected chi connectivity index (χ1v) is 11.4. The van der Waals surface area contributed by atoms with Crippen LogP contribution in [0.2, 0.25) is 0 Å². The van der Waals surface area contributed by atoms with E-state index in [0.717, 1.165) is 28.1 Å². The van der Waals surface area contributed by atoms with Crippen LogP contribution in [0.25, 0.3) is 11.5 Å². The van der Waals surface area contributed by atoms with E-state index in [1.54, 1.807) is 17.2 Å². The van der Waals surface area contributed by atoms with Crippen molar-refractivity contribution in [3.63, 3.8) is 0 Å². The summed E-state index contributed by atoms with van der Waals surface area (Å²) in [6, 6.07) is 23.0. The van der Waals surface area contributed by atoms with Gasteiger partial charge in [0.15, 0.2) is 0 Å². The molecule has 0 radical (unpaired) electrons. The molecule has 6 heteroatoms. The molecule has 172 valence electrons. The van der Waals surface area contributed by atoms with Crippen molar-refractivity contribution in [2.45, 2.75) is 39.4 Å². The Hall–Kier alpha value is -4.06. The highest BCUT2D eigenvalue weighted by Gasteiger charge is 2.49. The number of hydrogen-bond acceptors (Lipinski definition) is 3. The molecule has 2 aromatic carbocycles. The molecule has 1 aliphatic rings. The molecule has 0 saturated heterocycles. The summed E-state index contributed by atoms with van der Waals surface area (Å²) in [5.41, 5.74) is 3.93. The SMILES string of the molecule is Cc1cccc(N2C(=O)c3ccc(-c4ccco4)n3CC2(C)C(=O)NCc2ccccc2)c1C. The highest BCUT2D eigenvalue weighted by molar-refractivity contribution is 6.12. The smallest absolute Gasteiger partial charge is 0.275 e. The van der Waals surface area contributed by atoms with Gasteiger partial charge in [0, 0.05) is 12.2 Å². The fourth-order valence-electron chi connectivity index (χ4n) is 4.68. The molecular formula is C28H27N3O3.